The van der Waals surface area contributed by atoms with Gasteiger partial charge in [-0.3, -0.25) is 0 Å². The van der Waals surface area contributed by atoms with E-state index in [0.717, 1.165) is 18.5 Å². The first-order valence-corrected chi connectivity index (χ1v) is 7.86. The topological polar surface area (TPSA) is 97.6 Å². The predicted molar refractivity (Wildman–Crippen MR) is 91.2 cm³/mol. The molecule has 0 atom stereocenters. The van der Waals surface area contributed by atoms with E-state index in [4.69, 9.17) is 22.6 Å². The molecule has 0 bridgehead atoms. The Morgan fingerprint density at radius 2 is 2.04 bits per heavy atom. The molecule has 1 saturated carbocycles. The van der Waals surface area contributed by atoms with Crippen LogP contribution in [0.3, 0.4) is 0 Å². The Kier molecular flexibility index (Phi) is 3.25. The van der Waals surface area contributed by atoms with E-state index < -0.39 is 5.69 Å². The predicted octanol–water partition coefficient (Wildman–Crippen LogP) is 2.77. The van der Waals surface area contributed by atoms with Gasteiger partial charge in [-0.15, -0.1) is 0 Å². The second-order valence-electron chi connectivity index (χ2n) is 5.75. The number of halogens is 1. The molecule has 1 fully saturated rings. The molecule has 0 amide bonds. The molecule has 6 nitrogen and oxygen atoms in total. The summed E-state index contributed by atoms with van der Waals surface area (Å²) in [5.41, 5.74) is 7.31. The van der Waals surface area contributed by atoms with Gasteiger partial charge in [0.05, 0.1) is 21.7 Å². The lowest BCUT2D eigenvalue weighted by molar-refractivity contribution is 0.927. The van der Waals surface area contributed by atoms with Crippen molar-refractivity contribution in [2.75, 3.05) is 5.73 Å². The maximum Gasteiger partial charge on any atom is 0.355 e. The van der Waals surface area contributed by atoms with Crippen molar-refractivity contribution in [1.82, 2.24) is 14.5 Å². The number of benzene rings is 1. The maximum atomic E-state index is 12.5. The minimum Gasteiger partial charge on any atom is -0.383 e. The molecule has 2 N–H and O–H groups in total. The summed E-state index contributed by atoms with van der Waals surface area (Å²) in [5.74, 6) is 0.557. The van der Waals surface area contributed by atoms with Crippen molar-refractivity contribution < 1.29 is 0 Å². The molecule has 0 saturated heterocycles. The average Bonchev–Trinajstić information content (AvgIpc) is 3.41. The third-order valence-electron chi connectivity index (χ3n) is 4.13. The van der Waals surface area contributed by atoms with Crippen LogP contribution in [0.1, 0.15) is 30.0 Å². The van der Waals surface area contributed by atoms with E-state index in [1.54, 1.807) is 18.2 Å². The Labute approximate surface area is 142 Å². The molecular formula is C17H12ClN5O. The minimum atomic E-state index is -0.572. The fourth-order valence-corrected chi connectivity index (χ4v) is 2.99. The van der Waals surface area contributed by atoms with Gasteiger partial charge in [0.15, 0.2) is 5.65 Å². The van der Waals surface area contributed by atoms with Gasteiger partial charge in [0.1, 0.15) is 11.9 Å². The summed E-state index contributed by atoms with van der Waals surface area (Å²) in [6.07, 6.45) is 2.18. The molecule has 0 radical (unpaired) electrons. The van der Waals surface area contributed by atoms with Crippen LogP contribution in [0.15, 0.2) is 35.1 Å². The van der Waals surface area contributed by atoms with E-state index in [0.29, 0.717) is 22.6 Å². The largest absolute Gasteiger partial charge is 0.383 e. The summed E-state index contributed by atoms with van der Waals surface area (Å²) in [6.45, 7) is 0. The summed E-state index contributed by atoms with van der Waals surface area (Å²) >= 11 is 6.30. The number of nitrogens with two attached hydrogens (primary N) is 1. The molecule has 0 spiro atoms. The molecule has 0 unspecified atom stereocenters. The SMILES string of the molecule is N#Cc1cccc(-n2c(=O)nc(N)c3ccc(C4CC4)nc32)c1Cl. The average molecular weight is 338 g/mol. The molecule has 0 aliphatic heterocycles. The number of fused-ring (bicyclic) bond motifs is 1. The molecule has 2 aromatic heterocycles. The maximum absolute atomic E-state index is 12.5. The zero-order valence-electron chi connectivity index (χ0n) is 12.5. The number of hydrogen-bond acceptors (Lipinski definition) is 5. The van der Waals surface area contributed by atoms with Crippen LogP contribution < -0.4 is 11.4 Å². The van der Waals surface area contributed by atoms with Crippen LogP contribution in [0.4, 0.5) is 5.82 Å². The summed E-state index contributed by atoms with van der Waals surface area (Å²) < 4.78 is 1.32. The van der Waals surface area contributed by atoms with Crippen LogP contribution in [-0.2, 0) is 0 Å². The molecule has 1 aromatic carbocycles. The van der Waals surface area contributed by atoms with Crippen LogP contribution in [0.2, 0.25) is 5.02 Å². The lowest BCUT2D eigenvalue weighted by atomic mass is 10.2. The molecule has 4 rings (SSSR count). The fraction of sp³-hybridized carbons (Fsp3) is 0.176. The van der Waals surface area contributed by atoms with E-state index in [1.807, 2.05) is 18.2 Å². The Balaban J connectivity index is 2.10. The highest BCUT2D eigenvalue weighted by molar-refractivity contribution is 6.33. The Morgan fingerprint density at radius 3 is 2.75 bits per heavy atom. The Bertz CT molecular complexity index is 1080. The van der Waals surface area contributed by atoms with Crippen LogP contribution in [0.25, 0.3) is 16.7 Å². The van der Waals surface area contributed by atoms with Gasteiger partial charge in [0, 0.05) is 11.6 Å². The third-order valence-corrected chi connectivity index (χ3v) is 4.52. The number of anilines is 1. The van der Waals surface area contributed by atoms with Gasteiger partial charge in [-0.1, -0.05) is 17.7 Å². The van der Waals surface area contributed by atoms with Gasteiger partial charge in [-0.2, -0.15) is 10.2 Å². The smallest absolute Gasteiger partial charge is 0.355 e. The quantitative estimate of drug-likeness (QED) is 0.775. The van der Waals surface area contributed by atoms with Crippen molar-refractivity contribution >= 4 is 28.5 Å². The van der Waals surface area contributed by atoms with Crippen LogP contribution in [0.5, 0.6) is 0 Å². The van der Waals surface area contributed by atoms with Gasteiger partial charge >= 0.3 is 5.69 Å². The second-order valence-corrected chi connectivity index (χ2v) is 6.13. The summed E-state index contributed by atoms with van der Waals surface area (Å²) in [4.78, 5) is 21.0. The third kappa shape index (κ3) is 2.22. The first kappa shape index (κ1) is 14.7. The monoisotopic (exact) mass is 337 g/mol. The van der Waals surface area contributed by atoms with Gasteiger partial charge in [0.25, 0.3) is 0 Å². The van der Waals surface area contributed by atoms with E-state index in [9.17, 15) is 4.79 Å². The van der Waals surface area contributed by atoms with Crippen molar-refractivity contribution in [3.63, 3.8) is 0 Å². The highest BCUT2D eigenvalue weighted by Gasteiger charge is 2.26. The molecular weight excluding hydrogens is 326 g/mol. The highest BCUT2D eigenvalue weighted by atomic mass is 35.5. The molecule has 7 heteroatoms. The van der Waals surface area contributed by atoms with Gasteiger partial charge < -0.3 is 5.73 Å². The molecule has 24 heavy (non-hydrogen) atoms. The number of aromatic nitrogens is 3. The van der Waals surface area contributed by atoms with Crippen LogP contribution in [-0.4, -0.2) is 14.5 Å². The lowest BCUT2D eigenvalue weighted by Crippen LogP contribution is -2.24. The zero-order valence-corrected chi connectivity index (χ0v) is 13.3. The number of pyridine rings is 1. The first-order chi connectivity index (χ1) is 11.6. The standard InChI is InChI=1S/C17H12ClN5O/c18-14-10(8-19)2-1-3-13(14)23-16-11(15(20)22-17(23)24)6-7-12(21-16)9-4-5-9/h1-3,6-7,9H,4-5H2,(H2,20,22,24). The Morgan fingerprint density at radius 1 is 1.25 bits per heavy atom. The van der Waals surface area contributed by atoms with Gasteiger partial charge in [-0.25, -0.2) is 14.3 Å². The summed E-state index contributed by atoms with van der Waals surface area (Å²) in [7, 11) is 0. The van der Waals surface area contributed by atoms with Crippen LogP contribution >= 0.6 is 11.6 Å². The normalized spacial score (nSPS) is 13.8. The van der Waals surface area contributed by atoms with Crippen molar-refractivity contribution in [3.8, 4) is 11.8 Å². The Hall–Kier alpha value is -2.91. The summed E-state index contributed by atoms with van der Waals surface area (Å²) in [6, 6.07) is 10.7. The molecule has 3 aromatic rings. The van der Waals surface area contributed by atoms with Crippen LogP contribution in [0, 0.1) is 11.3 Å². The van der Waals surface area contributed by atoms with Gasteiger partial charge in [0.2, 0.25) is 0 Å². The highest BCUT2D eigenvalue weighted by Crippen LogP contribution is 2.39. The molecule has 1 aliphatic carbocycles. The number of nitrogen functional groups attached to an aromatic ring is 1. The number of hydrogen-bond donors (Lipinski definition) is 1. The van der Waals surface area contributed by atoms with Crippen molar-refractivity contribution in [2.45, 2.75) is 18.8 Å². The van der Waals surface area contributed by atoms with Crippen molar-refractivity contribution in [3.05, 3.63) is 57.1 Å². The second kappa shape index (κ2) is 5.32. The fourth-order valence-electron chi connectivity index (χ4n) is 2.74. The molecule has 1 aliphatic rings. The number of rotatable bonds is 2. The van der Waals surface area contributed by atoms with Gasteiger partial charge in [-0.05, 0) is 37.1 Å². The van der Waals surface area contributed by atoms with E-state index >= 15 is 0 Å². The van der Waals surface area contributed by atoms with E-state index in [-0.39, 0.29) is 16.4 Å². The first-order valence-electron chi connectivity index (χ1n) is 7.48. The van der Waals surface area contributed by atoms with Crippen molar-refractivity contribution in [1.29, 1.82) is 5.26 Å². The van der Waals surface area contributed by atoms with E-state index in [2.05, 4.69) is 9.97 Å². The number of nitrogens with zero attached hydrogens (tertiary/aromatic N) is 4. The lowest BCUT2D eigenvalue weighted by Gasteiger charge is -2.13. The molecule has 2 heterocycles. The zero-order chi connectivity index (χ0) is 16.8. The van der Waals surface area contributed by atoms with E-state index in [1.165, 1.54) is 4.57 Å². The summed E-state index contributed by atoms with van der Waals surface area (Å²) in [5, 5.41) is 9.94. The molecule has 118 valence electrons. The minimum absolute atomic E-state index is 0.133. The van der Waals surface area contributed by atoms with Crippen molar-refractivity contribution in [2.24, 2.45) is 0 Å². The number of nitriles is 1.